The quantitative estimate of drug-likeness (QED) is 0.701. The SMILES string of the molecule is CCCCCn1ccnc1CC(N)CC. The van der Waals surface area contributed by atoms with E-state index < -0.39 is 0 Å². The number of aromatic nitrogens is 2. The van der Waals surface area contributed by atoms with E-state index in [-0.39, 0.29) is 6.04 Å². The third kappa shape index (κ3) is 4.04. The molecule has 0 aromatic carbocycles. The van der Waals surface area contributed by atoms with Crippen LogP contribution in [0.4, 0.5) is 0 Å². The number of hydrogen-bond donors (Lipinski definition) is 1. The monoisotopic (exact) mass is 209 g/mol. The van der Waals surface area contributed by atoms with E-state index in [4.69, 9.17) is 5.73 Å². The summed E-state index contributed by atoms with van der Waals surface area (Å²) in [6.45, 7) is 5.43. The molecule has 0 fully saturated rings. The van der Waals surface area contributed by atoms with E-state index in [0.29, 0.717) is 0 Å². The van der Waals surface area contributed by atoms with Crippen molar-refractivity contribution in [2.75, 3.05) is 0 Å². The maximum atomic E-state index is 5.93. The first kappa shape index (κ1) is 12.2. The maximum absolute atomic E-state index is 5.93. The van der Waals surface area contributed by atoms with Crippen LogP contribution in [0, 0.1) is 0 Å². The molecule has 0 spiro atoms. The van der Waals surface area contributed by atoms with Gasteiger partial charge < -0.3 is 10.3 Å². The number of rotatable bonds is 7. The minimum absolute atomic E-state index is 0.248. The van der Waals surface area contributed by atoms with Crippen molar-refractivity contribution in [2.45, 2.75) is 58.5 Å². The molecule has 1 aromatic heterocycles. The molecule has 86 valence electrons. The second-order valence-corrected chi connectivity index (χ2v) is 4.12. The molecule has 1 atom stereocenters. The smallest absolute Gasteiger partial charge is 0.110 e. The lowest BCUT2D eigenvalue weighted by molar-refractivity contribution is 0.549. The zero-order valence-corrected chi connectivity index (χ0v) is 9.95. The minimum atomic E-state index is 0.248. The fourth-order valence-electron chi connectivity index (χ4n) is 1.64. The molecule has 1 aromatic rings. The molecule has 1 rings (SSSR count). The lowest BCUT2D eigenvalue weighted by Crippen LogP contribution is -2.23. The summed E-state index contributed by atoms with van der Waals surface area (Å²) in [5.41, 5.74) is 5.93. The van der Waals surface area contributed by atoms with Crippen LogP contribution in [0.25, 0.3) is 0 Å². The summed E-state index contributed by atoms with van der Waals surface area (Å²) in [5.74, 6) is 1.14. The molecule has 2 N–H and O–H groups in total. The van der Waals surface area contributed by atoms with Gasteiger partial charge in [0.2, 0.25) is 0 Å². The molecule has 0 aliphatic heterocycles. The topological polar surface area (TPSA) is 43.8 Å². The molecular weight excluding hydrogens is 186 g/mol. The molecule has 1 heterocycles. The van der Waals surface area contributed by atoms with E-state index in [2.05, 4.69) is 29.6 Å². The zero-order valence-electron chi connectivity index (χ0n) is 9.95. The summed E-state index contributed by atoms with van der Waals surface area (Å²) in [5, 5.41) is 0. The van der Waals surface area contributed by atoms with Crippen molar-refractivity contribution in [3.8, 4) is 0 Å². The predicted octanol–water partition coefficient (Wildman–Crippen LogP) is 2.35. The Morgan fingerprint density at radius 1 is 1.40 bits per heavy atom. The fourth-order valence-corrected chi connectivity index (χ4v) is 1.64. The van der Waals surface area contributed by atoms with Crippen LogP contribution in [-0.4, -0.2) is 15.6 Å². The van der Waals surface area contributed by atoms with Crippen molar-refractivity contribution in [3.05, 3.63) is 18.2 Å². The summed E-state index contributed by atoms with van der Waals surface area (Å²) >= 11 is 0. The van der Waals surface area contributed by atoms with Gasteiger partial charge in [0, 0.05) is 31.4 Å². The highest BCUT2D eigenvalue weighted by molar-refractivity contribution is 4.94. The maximum Gasteiger partial charge on any atom is 0.110 e. The van der Waals surface area contributed by atoms with Crippen LogP contribution in [0.2, 0.25) is 0 Å². The van der Waals surface area contributed by atoms with Crippen LogP contribution >= 0.6 is 0 Å². The molecule has 0 aliphatic carbocycles. The Morgan fingerprint density at radius 3 is 2.87 bits per heavy atom. The number of nitrogens with two attached hydrogens (primary N) is 1. The molecule has 15 heavy (non-hydrogen) atoms. The average molecular weight is 209 g/mol. The third-order valence-electron chi connectivity index (χ3n) is 2.77. The van der Waals surface area contributed by atoms with E-state index >= 15 is 0 Å². The molecule has 0 bridgehead atoms. The van der Waals surface area contributed by atoms with Crippen LogP contribution in [-0.2, 0) is 13.0 Å². The molecule has 0 aliphatic rings. The van der Waals surface area contributed by atoms with Gasteiger partial charge in [0.25, 0.3) is 0 Å². The highest BCUT2D eigenvalue weighted by Gasteiger charge is 2.06. The Kier molecular flexibility index (Phi) is 5.40. The Bertz CT molecular complexity index is 268. The average Bonchev–Trinajstić information content (AvgIpc) is 2.66. The Morgan fingerprint density at radius 2 is 2.20 bits per heavy atom. The van der Waals surface area contributed by atoms with Crippen LogP contribution in [0.1, 0.15) is 45.4 Å². The van der Waals surface area contributed by atoms with Gasteiger partial charge in [-0.3, -0.25) is 0 Å². The van der Waals surface area contributed by atoms with Crippen LogP contribution in [0.15, 0.2) is 12.4 Å². The second kappa shape index (κ2) is 6.62. The highest BCUT2D eigenvalue weighted by atomic mass is 15.1. The Balaban J connectivity index is 2.45. The standard InChI is InChI=1S/C12H23N3/c1-3-5-6-8-15-9-7-14-12(15)10-11(13)4-2/h7,9,11H,3-6,8,10,13H2,1-2H3. The van der Waals surface area contributed by atoms with Gasteiger partial charge in [0.15, 0.2) is 0 Å². The van der Waals surface area contributed by atoms with Crippen molar-refractivity contribution >= 4 is 0 Å². The van der Waals surface area contributed by atoms with Crippen molar-refractivity contribution in [1.82, 2.24) is 9.55 Å². The lowest BCUT2D eigenvalue weighted by atomic mass is 10.1. The predicted molar refractivity (Wildman–Crippen MR) is 63.7 cm³/mol. The van der Waals surface area contributed by atoms with E-state index in [1.54, 1.807) is 0 Å². The van der Waals surface area contributed by atoms with Gasteiger partial charge in [-0.05, 0) is 12.8 Å². The van der Waals surface area contributed by atoms with Crippen molar-refractivity contribution in [1.29, 1.82) is 0 Å². The first-order valence-electron chi connectivity index (χ1n) is 6.03. The summed E-state index contributed by atoms with van der Waals surface area (Å²) in [4.78, 5) is 4.37. The van der Waals surface area contributed by atoms with Crippen molar-refractivity contribution in [2.24, 2.45) is 5.73 Å². The van der Waals surface area contributed by atoms with Gasteiger partial charge in [-0.2, -0.15) is 0 Å². The summed E-state index contributed by atoms with van der Waals surface area (Å²) < 4.78 is 2.24. The Hall–Kier alpha value is -0.830. The number of imidazole rings is 1. The number of nitrogens with zero attached hydrogens (tertiary/aromatic N) is 2. The molecule has 3 nitrogen and oxygen atoms in total. The van der Waals surface area contributed by atoms with E-state index in [9.17, 15) is 0 Å². The van der Waals surface area contributed by atoms with Crippen LogP contribution < -0.4 is 5.73 Å². The molecule has 0 amide bonds. The van der Waals surface area contributed by atoms with Crippen LogP contribution in [0.5, 0.6) is 0 Å². The lowest BCUT2D eigenvalue weighted by Gasteiger charge is -2.11. The Labute approximate surface area is 92.7 Å². The summed E-state index contributed by atoms with van der Waals surface area (Å²) in [7, 11) is 0. The molecule has 0 saturated heterocycles. The second-order valence-electron chi connectivity index (χ2n) is 4.12. The van der Waals surface area contributed by atoms with Gasteiger partial charge in [-0.15, -0.1) is 0 Å². The number of unbranched alkanes of at least 4 members (excludes halogenated alkanes) is 2. The molecule has 3 heteroatoms. The van der Waals surface area contributed by atoms with Gasteiger partial charge in [0.05, 0.1) is 0 Å². The number of aryl methyl sites for hydroxylation is 1. The van der Waals surface area contributed by atoms with Crippen molar-refractivity contribution in [3.63, 3.8) is 0 Å². The molecule has 0 radical (unpaired) electrons. The van der Waals surface area contributed by atoms with Gasteiger partial charge in [0.1, 0.15) is 5.82 Å². The molecule has 1 unspecified atom stereocenters. The summed E-state index contributed by atoms with van der Waals surface area (Å²) in [6.07, 6.45) is 9.64. The minimum Gasteiger partial charge on any atom is -0.335 e. The fraction of sp³-hybridized carbons (Fsp3) is 0.750. The van der Waals surface area contributed by atoms with Gasteiger partial charge >= 0.3 is 0 Å². The van der Waals surface area contributed by atoms with E-state index in [1.165, 1.54) is 19.3 Å². The van der Waals surface area contributed by atoms with E-state index in [1.807, 2.05) is 6.20 Å². The van der Waals surface area contributed by atoms with Gasteiger partial charge in [-0.25, -0.2) is 4.98 Å². The largest absolute Gasteiger partial charge is 0.335 e. The first-order valence-corrected chi connectivity index (χ1v) is 6.03. The van der Waals surface area contributed by atoms with E-state index in [0.717, 1.165) is 25.2 Å². The highest BCUT2D eigenvalue weighted by Crippen LogP contribution is 2.05. The first-order chi connectivity index (χ1) is 7.27. The normalized spacial score (nSPS) is 13.0. The molecule has 0 saturated carbocycles. The zero-order chi connectivity index (χ0) is 11.1. The van der Waals surface area contributed by atoms with Crippen molar-refractivity contribution < 1.29 is 0 Å². The summed E-state index contributed by atoms with van der Waals surface area (Å²) in [6, 6.07) is 0.248. The third-order valence-corrected chi connectivity index (χ3v) is 2.77. The number of hydrogen-bond acceptors (Lipinski definition) is 2. The van der Waals surface area contributed by atoms with Gasteiger partial charge in [-0.1, -0.05) is 26.7 Å². The van der Waals surface area contributed by atoms with Crippen LogP contribution in [0.3, 0.4) is 0 Å². The molecular formula is C12H23N3.